The smallest absolute Gasteiger partial charge is 0.293 e. The van der Waals surface area contributed by atoms with Crippen LogP contribution in [-0.2, 0) is 16.1 Å². The number of hydrogen-bond acceptors (Lipinski definition) is 5. The molecule has 1 fully saturated rings. The number of benzene rings is 3. The Morgan fingerprint density at radius 3 is 2.44 bits per heavy atom. The summed E-state index contributed by atoms with van der Waals surface area (Å²) in [5.41, 5.74) is 1.98. The number of carbonyl (C=O) groups excluding carboxylic acids is 3. The molecule has 0 saturated carbocycles. The molecule has 0 aromatic heterocycles. The molecule has 1 heterocycles. The molecule has 6 nitrogen and oxygen atoms in total. The minimum Gasteiger partial charge on any atom is -0.482 e. The van der Waals surface area contributed by atoms with Gasteiger partial charge < -0.3 is 10.1 Å². The van der Waals surface area contributed by atoms with Gasteiger partial charge in [0.2, 0.25) is 0 Å². The van der Waals surface area contributed by atoms with E-state index in [0.717, 1.165) is 17.3 Å². The number of rotatable bonds is 7. The van der Waals surface area contributed by atoms with Crippen LogP contribution in [0.25, 0.3) is 6.08 Å². The Bertz CT molecular complexity index is 1280. The minimum atomic E-state index is -0.389. The van der Waals surface area contributed by atoms with Crippen LogP contribution in [-0.4, -0.2) is 28.6 Å². The number of thioether (sulfide) groups is 1. The molecule has 0 aliphatic carbocycles. The second kappa shape index (κ2) is 10.8. The van der Waals surface area contributed by atoms with Gasteiger partial charge in [-0.1, -0.05) is 71.7 Å². The van der Waals surface area contributed by atoms with Gasteiger partial charge in [-0.05, 0) is 53.2 Å². The van der Waals surface area contributed by atoms with Crippen molar-refractivity contribution in [2.45, 2.75) is 6.54 Å². The maximum Gasteiger partial charge on any atom is 0.293 e. The second-order valence-corrected chi connectivity index (χ2v) is 9.07. The lowest BCUT2D eigenvalue weighted by Crippen LogP contribution is -2.27. The highest BCUT2D eigenvalue weighted by atomic mass is 35.5. The summed E-state index contributed by atoms with van der Waals surface area (Å²) < 4.78 is 5.52. The monoisotopic (exact) mass is 512 g/mol. The first kappa shape index (κ1) is 23.9. The minimum absolute atomic E-state index is 0.215. The van der Waals surface area contributed by atoms with Crippen molar-refractivity contribution in [3.8, 4) is 5.75 Å². The first-order valence-corrected chi connectivity index (χ1v) is 11.7. The number of hydrogen-bond donors (Lipinski definition) is 1. The molecule has 4 rings (SSSR count). The first-order valence-electron chi connectivity index (χ1n) is 10.2. The summed E-state index contributed by atoms with van der Waals surface area (Å²) >= 11 is 13.2. The van der Waals surface area contributed by atoms with Crippen molar-refractivity contribution >= 4 is 63.8 Å². The van der Waals surface area contributed by atoms with Gasteiger partial charge in [-0.2, -0.15) is 0 Å². The number of anilines is 1. The first-order chi connectivity index (χ1) is 16.4. The van der Waals surface area contributed by atoms with Crippen molar-refractivity contribution in [1.82, 2.24) is 4.90 Å². The molecule has 3 aromatic rings. The molecule has 0 bridgehead atoms. The van der Waals surface area contributed by atoms with Crippen LogP contribution in [0.3, 0.4) is 0 Å². The number of para-hydroxylation sites is 1. The Labute approximate surface area is 210 Å². The van der Waals surface area contributed by atoms with Crippen LogP contribution < -0.4 is 10.1 Å². The SMILES string of the molecule is O=C(COc1ccc(/C=C2\SC(=O)N(Cc3ccccc3)C2=O)cc1Cl)Nc1ccccc1Cl. The van der Waals surface area contributed by atoms with E-state index in [4.69, 9.17) is 27.9 Å². The number of nitrogens with one attached hydrogen (secondary N) is 1. The van der Waals surface area contributed by atoms with Gasteiger partial charge in [0.15, 0.2) is 6.61 Å². The molecular formula is C25H18Cl2N2O4S. The maximum atomic E-state index is 12.7. The van der Waals surface area contributed by atoms with E-state index in [1.54, 1.807) is 48.5 Å². The standard InChI is InChI=1S/C25H18Cl2N2O4S/c26-18-8-4-5-9-20(18)28-23(30)15-33-21-11-10-17(12-19(21)27)13-22-24(31)29(25(32)34-22)14-16-6-2-1-3-7-16/h1-13H,14-15H2,(H,28,30)/b22-13-. The Morgan fingerprint density at radius 2 is 1.71 bits per heavy atom. The predicted octanol–water partition coefficient (Wildman–Crippen LogP) is 6.25. The lowest BCUT2D eigenvalue weighted by atomic mass is 10.2. The number of nitrogens with zero attached hydrogens (tertiary/aromatic N) is 1. The van der Waals surface area contributed by atoms with Crippen molar-refractivity contribution < 1.29 is 19.1 Å². The normalized spacial score (nSPS) is 14.5. The lowest BCUT2D eigenvalue weighted by Gasteiger charge is -2.12. The average Bonchev–Trinajstić information content (AvgIpc) is 3.08. The fraction of sp³-hybridized carbons (Fsp3) is 0.0800. The van der Waals surface area contributed by atoms with Gasteiger partial charge >= 0.3 is 0 Å². The number of ether oxygens (including phenoxy) is 1. The summed E-state index contributed by atoms with van der Waals surface area (Å²) in [6.45, 7) is -0.0463. The third-order valence-corrected chi connectivity index (χ3v) is 6.35. The molecular weight excluding hydrogens is 495 g/mol. The second-order valence-electron chi connectivity index (χ2n) is 7.26. The Balaban J connectivity index is 1.39. The van der Waals surface area contributed by atoms with E-state index < -0.39 is 0 Å². The van der Waals surface area contributed by atoms with E-state index in [2.05, 4.69) is 5.32 Å². The molecule has 0 spiro atoms. The fourth-order valence-corrected chi connectivity index (χ4v) is 4.43. The molecule has 172 valence electrons. The summed E-state index contributed by atoms with van der Waals surface area (Å²) in [5.74, 6) is -0.433. The molecule has 0 atom stereocenters. The molecule has 3 amide bonds. The van der Waals surface area contributed by atoms with Crippen molar-refractivity contribution in [3.63, 3.8) is 0 Å². The van der Waals surface area contributed by atoms with Crippen LogP contribution in [0.15, 0.2) is 77.7 Å². The highest BCUT2D eigenvalue weighted by Crippen LogP contribution is 2.34. The summed E-state index contributed by atoms with van der Waals surface area (Å²) in [4.78, 5) is 38.8. The van der Waals surface area contributed by atoms with E-state index in [-0.39, 0.29) is 35.2 Å². The van der Waals surface area contributed by atoms with Gasteiger partial charge in [0.05, 0.1) is 27.2 Å². The van der Waals surface area contributed by atoms with Crippen LogP contribution in [0.5, 0.6) is 5.75 Å². The van der Waals surface area contributed by atoms with Crippen molar-refractivity contribution in [1.29, 1.82) is 0 Å². The average molecular weight is 513 g/mol. The Morgan fingerprint density at radius 1 is 0.971 bits per heavy atom. The number of imide groups is 1. The van der Waals surface area contributed by atoms with E-state index in [1.807, 2.05) is 30.3 Å². The largest absolute Gasteiger partial charge is 0.482 e. The van der Waals surface area contributed by atoms with E-state index in [0.29, 0.717) is 26.9 Å². The van der Waals surface area contributed by atoms with Crippen molar-refractivity contribution in [2.24, 2.45) is 0 Å². The van der Waals surface area contributed by atoms with Gasteiger partial charge in [0, 0.05) is 0 Å². The van der Waals surface area contributed by atoms with Gasteiger partial charge in [0.1, 0.15) is 5.75 Å². The Kier molecular flexibility index (Phi) is 7.57. The van der Waals surface area contributed by atoms with Gasteiger partial charge in [-0.15, -0.1) is 0 Å². The molecule has 0 unspecified atom stereocenters. The third kappa shape index (κ3) is 5.80. The molecule has 0 radical (unpaired) electrons. The van der Waals surface area contributed by atoms with Crippen molar-refractivity contribution in [3.05, 3.63) is 98.9 Å². The lowest BCUT2D eigenvalue weighted by molar-refractivity contribution is -0.123. The van der Waals surface area contributed by atoms with Crippen molar-refractivity contribution in [2.75, 3.05) is 11.9 Å². The molecule has 1 aliphatic heterocycles. The summed E-state index contributed by atoms with van der Waals surface area (Å²) in [6.07, 6.45) is 1.61. The predicted molar refractivity (Wildman–Crippen MR) is 135 cm³/mol. The summed E-state index contributed by atoms with van der Waals surface area (Å²) in [7, 11) is 0. The molecule has 1 saturated heterocycles. The zero-order valence-corrected chi connectivity index (χ0v) is 20.0. The number of amides is 3. The van der Waals surface area contributed by atoms with E-state index in [1.165, 1.54) is 4.90 Å². The highest BCUT2D eigenvalue weighted by molar-refractivity contribution is 8.18. The number of carbonyl (C=O) groups is 3. The molecule has 9 heteroatoms. The van der Waals surface area contributed by atoms with Gasteiger partial charge in [0.25, 0.3) is 17.1 Å². The number of halogens is 2. The quantitative estimate of drug-likeness (QED) is 0.378. The third-order valence-electron chi connectivity index (χ3n) is 4.82. The maximum absolute atomic E-state index is 12.7. The fourth-order valence-electron chi connectivity index (χ4n) is 3.17. The van der Waals surface area contributed by atoms with E-state index in [9.17, 15) is 14.4 Å². The van der Waals surface area contributed by atoms with Crippen LogP contribution in [0.4, 0.5) is 10.5 Å². The summed E-state index contributed by atoms with van der Waals surface area (Å²) in [5, 5.41) is 3.03. The molecule has 1 aliphatic rings. The van der Waals surface area contributed by atoms with Gasteiger partial charge in [-0.3, -0.25) is 19.3 Å². The van der Waals surface area contributed by atoms with Crippen LogP contribution in [0, 0.1) is 0 Å². The zero-order valence-electron chi connectivity index (χ0n) is 17.7. The topological polar surface area (TPSA) is 75.7 Å². The molecule has 1 N–H and O–H groups in total. The highest BCUT2D eigenvalue weighted by Gasteiger charge is 2.34. The van der Waals surface area contributed by atoms with Gasteiger partial charge in [-0.25, -0.2) is 0 Å². The molecule has 3 aromatic carbocycles. The molecule has 34 heavy (non-hydrogen) atoms. The Hall–Kier alpha value is -3.26. The van der Waals surface area contributed by atoms with Crippen LogP contribution in [0.2, 0.25) is 10.0 Å². The van der Waals surface area contributed by atoms with Crippen LogP contribution >= 0.6 is 35.0 Å². The van der Waals surface area contributed by atoms with Crippen LogP contribution in [0.1, 0.15) is 11.1 Å². The van der Waals surface area contributed by atoms with E-state index >= 15 is 0 Å². The summed E-state index contributed by atoms with van der Waals surface area (Å²) in [6, 6.07) is 21.1. The zero-order chi connectivity index (χ0) is 24.1.